The summed E-state index contributed by atoms with van der Waals surface area (Å²) in [6.07, 6.45) is 2.80. The van der Waals surface area contributed by atoms with Crippen molar-refractivity contribution in [1.82, 2.24) is 9.38 Å². The van der Waals surface area contributed by atoms with Gasteiger partial charge in [-0.3, -0.25) is 4.40 Å². The van der Waals surface area contributed by atoms with E-state index in [0.29, 0.717) is 13.2 Å². The van der Waals surface area contributed by atoms with Crippen molar-refractivity contribution in [3.8, 4) is 17.0 Å². The van der Waals surface area contributed by atoms with Crippen molar-refractivity contribution in [2.45, 2.75) is 13.3 Å². The van der Waals surface area contributed by atoms with Gasteiger partial charge in [0.15, 0.2) is 0 Å². The average Bonchev–Trinajstić information content (AvgIpc) is 2.87. The molecule has 108 valence electrons. The highest BCUT2D eigenvalue weighted by atomic mass is 16.5. The first-order chi connectivity index (χ1) is 10.3. The molecule has 1 aromatic carbocycles. The van der Waals surface area contributed by atoms with Gasteiger partial charge in [0.05, 0.1) is 18.0 Å². The van der Waals surface area contributed by atoms with Crippen LogP contribution in [0.5, 0.6) is 5.75 Å². The van der Waals surface area contributed by atoms with Crippen LogP contribution in [0.15, 0.2) is 48.7 Å². The fourth-order valence-corrected chi connectivity index (χ4v) is 2.54. The molecule has 4 nitrogen and oxygen atoms in total. The first-order valence-corrected chi connectivity index (χ1v) is 7.22. The van der Waals surface area contributed by atoms with Gasteiger partial charge in [0.25, 0.3) is 0 Å². The third kappa shape index (κ3) is 2.62. The topological polar surface area (TPSA) is 52.5 Å². The van der Waals surface area contributed by atoms with Crippen LogP contribution < -0.4 is 10.5 Å². The summed E-state index contributed by atoms with van der Waals surface area (Å²) in [4.78, 5) is 4.69. The maximum absolute atomic E-state index is 5.72. The van der Waals surface area contributed by atoms with Gasteiger partial charge in [-0.25, -0.2) is 4.98 Å². The van der Waals surface area contributed by atoms with Crippen molar-refractivity contribution < 1.29 is 4.74 Å². The molecule has 0 aliphatic heterocycles. The average molecular weight is 281 g/mol. The molecule has 0 unspecified atom stereocenters. The normalized spacial score (nSPS) is 11.0. The number of fused-ring (bicyclic) bond motifs is 1. The zero-order chi connectivity index (χ0) is 14.7. The minimum absolute atomic E-state index is 0.591. The van der Waals surface area contributed by atoms with Gasteiger partial charge in [-0.2, -0.15) is 0 Å². The molecule has 0 amide bonds. The molecule has 3 rings (SSSR count). The van der Waals surface area contributed by atoms with E-state index in [1.807, 2.05) is 43.5 Å². The second kappa shape index (κ2) is 5.97. The van der Waals surface area contributed by atoms with E-state index in [4.69, 9.17) is 10.5 Å². The summed E-state index contributed by atoms with van der Waals surface area (Å²) in [7, 11) is 0. The lowest BCUT2D eigenvalue weighted by atomic mass is 10.1. The number of rotatable bonds is 5. The van der Waals surface area contributed by atoms with Crippen LogP contribution in [0.2, 0.25) is 0 Å². The van der Waals surface area contributed by atoms with E-state index >= 15 is 0 Å². The zero-order valence-electron chi connectivity index (χ0n) is 12.1. The third-order valence-electron chi connectivity index (χ3n) is 3.42. The molecule has 0 aliphatic carbocycles. The first-order valence-electron chi connectivity index (χ1n) is 7.22. The van der Waals surface area contributed by atoms with Crippen molar-refractivity contribution in [2.24, 2.45) is 5.73 Å². The van der Waals surface area contributed by atoms with Gasteiger partial charge in [0, 0.05) is 18.2 Å². The van der Waals surface area contributed by atoms with Gasteiger partial charge < -0.3 is 10.5 Å². The summed E-state index contributed by atoms with van der Waals surface area (Å²) in [5.74, 6) is 0.885. The molecule has 0 spiro atoms. The van der Waals surface area contributed by atoms with Crippen LogP contribution in [0, 0.1) is 0 Å². The summed E-state index contributed by atoms with van der Waals surface area (Å²) < 4.78 is 7.61. The maximum Gasteiger partial charge on any atom is 0.137 e. The Morgan fingerprint density at radius 1 is 1.14 bits per heavy atom. The van der Waals surface area contributed by atoms with Crippen molar-refractivity contribution >= 4 is 5.65 Å². The van der Waals surface area contributed by atoms with E-state index < -0.39 is 0 Å². The van der Waals surface area contributed by atoms with E-state index in [1.165, 1.54) is 0 Å². The van der Waals surface area contributed by atoms with E-state index in [2.05, 4.69) is 21.5 Å². The Bertz CT molecular complexity index is 731. The summed E-state index contributed by atoms with van der Waals surface area (Å²) >= 11 is 0. The molecular formula is C17H19N3O. The summed E-state index contributed by atoms with van der Waals surface area (Å²) in [5.41, 5.74) is 9.94. The molecule has 0 bridgehead atoms. The van der Waals surface area contributed by atoms with Gasteiger partial charge in [0.2, 0.25) is 0 Å². The number of aromatic nitrogens is 2. The Kier molecular flexibility index (Phi) is 3.88. The molecule has 0 saturated heterocycles. The van der Waals surface area contributed by atoms with Gasteiger partial charge in [-0.1, -0.05) is 6.07 Å². The minimum Gasteiger partial charge on any atom is -0.494 e. The molecule has 4 heteroatoms. The summed E-state index contributed by atoms with van der Waals surface area (Å²) in [6.45, 7) is 3.25. The number of ether oxygens (including phenoxy) is 1. The monoisotopic (exact) mass is 281 g/mol. The number of pyridine rings is 1. The van der Waals surface area contributed by atoms with E-state index in [9.17, 15) is 0 Å². The summed E-state index contributed by atoms with van der Waals surface area (Å²) in [6, 6.07) is 14.2. The minimum atomic E-state index is 0.591. The van der Waals surface area contributed by atoms with Crippen LogP contribution in [-0.2, 0) is 6.42 Å². The molecule has 0 fully saturated rings. The van der Waals surface area contributed by atoms with Crippen LogP contribution in [-0.4, -0.2) is 22.5 Å². The van der Waals surface area contributed by atoms with E-state index in [1.54, 1.807) is 0 Å². The number of hydrogen-bond acceptors (Lipinski definition) is 3. The Labute approximate surface area is 124 Å². The SMILES string of the molecule is CCOc1ccc(-c2c(CCN)nc3ccccn23)cc1. The quantitative estimate of drug-likeness (QED) is 0.782. The number of imidazole rings is 1. The van der Waals surface area contributed by atoms with Crippen LogP contribution in [0.4, 0.5) is 0 Å². The molecule has 3 aromatic rings. The molecule has 2 aromatic heterocycles. The van der Waals surface area contributed by atoms with Gasteiger partial charge in [-0.15, -0.1) is 0 Å². The number of hydrogen-bond donors (Lipinski definition) is 1. The predicted molar refractivity (Wildman–Crippen MR) is 84.6 cm³/mol. The van der Waals surface area contributed by atoms with Crippen molar-refractivity contribution in [3.63, 3.8) is 0 Å². The van der Waals surface area contributed by atoms with Gasteiger partial charge >= 0.3 is 0 Å². The third-order valence-corrected chi connectivity index (χ3v) is 3.42. The number of nitrogens with zero attached hydrogens (tertiary/aromatic N) is 2. The number of nitrogens with two attached hydrogens (primary N) is 1. The first kappa shape index (κ1) is 13.6. The molecule has 0 aliphatic rings. The molecule has 0 saturated carbocycles. The second-order valence-electron chi connectivity index (χ2n) is 4.83. The Morgan fingerprint density at radius 3 is 2.67 bits per heavy atom. The molecule has 0 atom stereocenters. The Morgan fingerprint density at radius 2 is 1.95 bits per heavy atom. The number of benzene rings is 1. The van der Waals surface area contributed by atoms with Crippen LogP contribution in [0.3, 0.4) is 0 Å². The largest absolute Gasteiger partial charge is 0.494 e. The smallest absolute Gasteiger partial charge is 0.137 e. The standard InChI is InChI=1S/C17H19N3O/c1-2-21-14-8-6-13(7-9-14)17-15(10-11-18)19-16-5-3-4-12-20(16)17/h3-9,12H,2,10-11,18H2,1H3. The van der Waals surface area contributed by atoms with E-state index in [-0.39, 0.29) is 0 Å². The predicted octanol–water partition coefficient (Wildman–Crippen LogP) is 2.90. The molecule has 21 heavy (non-hydrogen) atoms. The molecule has 0 radical (unpaired) electrons. The van der Waals surface area contributed by atoms with Crippen molar-refractivity contribution in [1.29, 1.82) is 0 Å². The molecule has 2 heterocycles. The molecule has 2 N–H and O–H groups in total. The highest BCUT2D eigenvalue weighted by Gasteiger charge is 2.13. The van der Waals surface area contributed by atoms with Crippen LogP contribution >= 0.6 is 0 Å². The maximum atomic E-state index is 5.72. The highest BCUT2D eigenvalue weighted by molar-refractivity contribution is 5.68. The summed E-state index contributed by atoms with van der Waals surface area (Å²) in [5, 5.41) is 0. The second-order valence-corrected chi connectivity index (χ2v) is 4.83. The van der Waals surface area contributed by atoms with Crippen LogP contribution in [0.25, 0.3) is 16.9 Å². The lowest BCUT2D eigenvalue weighted by molar-refractivity contribution is 0.340. The highest BCUT2D eigenvalue weighted by Crippen LogP contribution is 2.27. The Hall–Kier alpha value is -2.33. The van der Waals surface area contributed by atoms with Crippen LogP contribution in [0.1, 0.15) is 12.6 Å². The zero-order valence-corrected chi connectivity index (χ0v) is 12.1. The van der Waals surface area contributed by atoms with Crippen molar-refractivity contribution in [3.05, 3.63) is 54.4 Å². The fourth-order valence-electron chi connectivity index (χ4n) is 2.54. The van der Waals surface area contributed by atoms with Gasteiger partial charge in [-0.05, 0) is 49.9 Å². The fraction of sp³-hybridized carbons (Fsp3) is 0.235. The van der Waals surface area contributed by atoms with Gasteiger partial charge in [0.1, 0.15) is 11.4 Å². The Balaban J connectivity index is 2.11. The lowest BCUT2D eigenvalue weighted by Gasteiger charge is -2.07. The lowest BCUT2D eigenvalue weighted by Crippen LogP contribution is -2.04. The van der Waals surface area contributed by atoms with Crippen molar-refractivity contribution in [2.75, 3.05) is 13.2 Å². The van der Waals surface area contributed by atoms with E-state index in [0.717, 1.165) is 34.8 Å². The molecular weight excluding hydrogens is 262 g/mol.